The normalized spacial score (nSPS) is 21.0. The molecule has 2 aromatic rings. The highest BCUT2D eigenvalue weighted by Gasteiger charge is 2.29. The van der Waals surface area contributed by atoms with Crippen molar-refractivity contribution in [1.82, 2.24) is 4.72 Å². The number of aryl methyl sites for hydroxylation is 1. The van der Waals surface area contributed by atoms with Gasteiger partial charge >= 0.3 is 0 Å². The van der Waals surface area contributed by atoms with Crippen molar-refractivity contribution in [2.45, 2.75) is 49.6 Å². The predicted octanol–water partition coefficient (Wildman–Crippen LogP) is 4.35. The molecular formula is C19H23ClN2O2S. The zero-order valence-electron chi connectivity index (χ0n) is 14.2. The number of nitrogens with one attached hydrogen (secondary N) is 2. The van der Waals surface area contributed by atoms with Gasteiger partial charge in [-0.05, 0) is 56.2 Å². The lowest BCUT2D eigenvalue weighted by Gasteiger charge is -2.33. The molecule has 4 nitrogen and oxygen atoms in total. The van der Waals surface area contributed by atoms with E-state index in [1.807, 2.05) is 19.1 Å². The van der Waals surface area contributed by atoms with Gasteiger partial charge in [0.15, 0.2) is 0 Å². The Hall–Kier alpha value is -1.56. The lowest BCUT2D eigenvalue weighted by molar-refractivity contribution is 0.378. The van der Waals surface area contributed by atoms with Crippen LogP contribution in [-0.4, -0.2) is 20.5 Å². The molecule has 0 spiro atoms. The second kappa shape index (κ2) is 7.77. The number of sulfonamides is 1. The highest BCUT2D eigenvalue weighted by Crippen LogP contribution is 2.24. The highest BCUT2D eigenvalue weighted by molar-refractivity contribution is 7.89. The molecule has 0 amide bonds. The third-order valence-corrected chi connectivity index (χ3v) is 6.36. The van der Waals surface area contributed by atoms with Gasteiger partial charge in [-0.25, -0.2) is 13.1 Å². The van der Waals surface area contributed by atoms with Crippen LogP contribution in [0.15, 0.2) is 53.4 Å². The van der Waals surface area contributed by atoms with E-state index in [0.29, 0.717) is 5.02 Å². The Kier molecular flexibility index (Phi) is 5.67. The van der Waals surface area contributed by atoms with E-state index in [-0.39, 0.29) is 17.0 Å². The van der Waals surface area contributed by atoms with Crippen molar-refractivity contribution in [2.75, 3.05) is 5.32 Å². The van der Waals surface area contributed by atoms with E-state index >= 15 is 0 Å². The minimum Gasteiger partial charge on any atom is -0.381 e. The molecule has 1 aliphatic carbocycles. The summed E-state index contributed by atoms with van der Waals surface area (Å²) < 4.78 is 28.2. The third-order valence-electron chi connectivity index (χ3n) is 4.60. The van der Waals surface area contributed by atoms with Gasteiger partial charge in [0.25, 0.3) is 0 Å². The number of rotatable bonds is 5. The number of anilines is 1. The molecule has 134 valence electrons. The second-order valence-electron chi connectivity index (χ2n) is 6.58. The van der Waals surface area contributed by atoms with Crippen LogP contribution < -0.4 is 10.0 Å². The van der Waals surface area contributed by atoms with Crippen molar-refractivity contribution in [1.29, 1.82) is 0 Å². The minimum absolute atomic E-state index is 0.0820. The first-order valence-electron chi connectivity index (χ1n) is 8.55. The fraction of sp³-hybridized carbons (Fsp3) is 0.368. The Morgan fingerprint density at radius 2 is 1.52 bits per heavy atom. The zero-order chi connectivity index (χ0) is 17.9. The van der Waals surface area contributed by atoms with Gasteiger partial charge in [-0.3, -0.25) is 0 Å². The zero-order valence-corrected chi connectivity index (χ0v) is 15.8. The van der Waals surface area contributed by atoms with E-state index in [2.05, 4.69) is 22.2 Å². The van der Waals surface area contributed by atoms with E-state index in [4.69, 9.17) is 11.6 Å². The molecule has 1 fully saturated rings. The van der Waals surface area contributed by atoms with Gasteiger partial charge in [0.2, 0.25) is 10.0 Å². The van der Waals surface area contributed by atoms with E-state index in [0.717, 1.165) is 31.4 Å². The maximum Gasteiger partial charge on any atom is 0.240 e. The van der Waals surface area contributed by atoms with Crippen LogP contribution in [0.25, 0.3) is 0 Å². The Morgan fingerprint density at radius 1 is 0.920 bits per heavy atom. The van der Waals surface area contributed by atoms with Gasteiger partial charge < -0.3 is 5.32 Å². The summed E-state index contributed by atoms with van der Waals surface area (Å²) in [5.74, 6) is 0. The van der Waals surface area contributed by atoms with E-state index in [1.54, 1.807) is 12.1 Å². The van der Waals surface area contributed by atoms with E-state index < -0.39 is 10.0 Å². The maximum atomic E-state index is 12.7. The first kappa shape index (κ1) is 18.2. The van der Waals surface area contributed by atoms with Crippen LogP contribution in [0, 0.1) is 6.92 Å². The topological polar surface area (TPSA) is 58.2 Å². The molecule has 0 unspecified atom stereocenters. The lowest BCUT2D eigenvalue weighted by Crippen LogP contribution is -2.48. The first-order chi connectivity index (χ1) is 11.9. The fourth-order valence-corrected chi connectivity index (χ4v) is 4.63. The smallest absolute Gasteiger partial charge is 0.240 e. The van der Waals surface area contributed by atoms with Gasteiger partial charge in [0.05, 0.1) is 4.90 Å². The second-order valence-corrected chi connectivity index (χ2v) is 8.73. The molecule has 3 rings (SSSR count). The molecule has 2 N–H and O–H groups in total. The Morgan fingerprint density at radius 3 is 2.16 bits per heavy atom. The van der Waals surface area contributed by atoms with Crippen LogP contribution in [0.3, 0.4) is 0 Å². The van der Waals surface area contributed by atoms with Crippen molar-refractivity contribution < 1.29 is 8.42 Å². The molecule has 1 saturated carbocycles. The van der Waals surface area contributed by atoms with Gasteiger partial charge in [0, 0.05) is 22.8 Å². The summed E-state index contributed by atoms with van der Waals surface area (Å²) in [7, 11) is -3.56. The predicted molar refractivity (Wildman–Crippen MR) is 103 cm³/mol. The molecule has 0 aromatic heterocycles. The van der Waals surface area contributed by atoms with Crippen molar-refractivity contribution in [3.05, 3.63) is 59.1 Å². The summed E-state index contributed by atoms with van der Waals surface area (Å²) >= 11 is 5.85. The monoisotopic (exact) mass is 378 g/mol. The molecule has 0 saturated heterocycles. The van der Waals surface area contributed by atoms with Gasteiger partial charge in [0.1, 0.15) is 0 Å². The Labute approximate surface area is 154 Å². The van der Waals surface area contributed by atoms with Crippen molar-refractivity contribution >= 4 is 27.3 Å². The molecular weight excluding hydrogens is 356 g/mol. The van der Waals surface area contributed by atoms with Gasteiger partial charge in [-0.15, -0.1) is 0 Å². The van der Waals surface area contributed by atoms with Crippen molar-refractivity contribution in [2.24, 2.45) is 0 Å². The summed E-state index contributed by atoms with van der Waals surface area (Å²) in [6.45, 7) is 2.05. The molecule has 1 aliphatic rings. The van der Waals surface area contributed by atoms with Gasteiger partial charge in [-0.1, -0.05) is 42.1 Å². The van der Waals surface area contributed by atoms with Crippen LogP contribution >= 0.6 is 11.6 Å². The minimum atomic E-state index is -3.56. The third kappa shape index (κ3) is 4.75. The average Bonchev–Trinajstić information content (AvgIpc) is 2.59. The van der Waals surface area contributed by atoms with Crippen LogP contribution in [0.4, 0.5) is 5.69 Å². The number of halogens is 1. The molecule has 6 heteroatoms. The summed E-state index contributed by atoms with van der Waals surface area (Å²) in [5, 5.41) is 4.02. The van der Waals surface area contributed by atoms with E-state index in [9.17, 15) is 8.42 Å². The lowest BCUT2D eigenvalue weighted by atomic mass is 9.91. The Bertz CT molecular complexity index is 804. The molecule has 0 bridgehead atoms. The van der Waals surface area contributed by atoms with Crippen molar-refractivity contribution in [3.63, 3.8) is 0 Å². The highest BCUT2D eigenvalue weighted by atomic mass is 35.5. The molecule has 2 atom stereocenters. The molecule has 0 heterocycles. The molecule has 0 aliphatic heterocycles. The standard InChI is InChI=1S/C19H23ClN2O2S/c1-14-6-10-16(11-7-14)21-18-4-2-3-5-19(18)22-25(23,24)17-12-8-15(20)9-13-17/h6-13,18-19,21-22H,2-5H2,1H3/t18-,19+/m1/s1. The Balaban J connectivity index is 1.74. The number of hydrogen-bond acceptors (Lipinski definition) is 3. The van der Waals surface area contributed by atoms with Gasteiger partial charge in [-0.2, -0.15) is 0 Å². The summed E-state index contributed by atoms with van der Waals surface area (Å²) in [6.07, 6.45) is 3.90. The maximum absolute atomic E-state index is 12.7. The quantitative estimate of drug-likeness (QED) is 0.813. The average molecular weight is 379 g/mol. The molecule has 25 heavy (non-hydrogen) atoms. The summed E-state index contributed by atoms with van der Waals surface area (Å²) in [5.41, 5.74) is 2.22. The van der Waals surface area contributed by atoms with Crippen LogP contribution in [0.2, 0.25) is 5.02 Å². The SMILES string of the molecule is Cc1ccc(N[C@@H]2CCCC[C@@H]2NS(=O)(=O)c2ccc(Cl)cc2)cc1. The van der Waals surface area contributed by atoms with Crippen LogP contribution in [0.5, 0.6) is 0 Å². The van der Waals surface area contributed by atoms with Crippen LogP contribution in [0.1, 0.15) is 31.2 Å². The first-order valence-corrected chi connectivity index (χ1v) is 10.4. The number of hydrogen-bond donors (Lipinski definition) is 2. The molecule has 2 aromatic carbocycles. The van der Waals surface area contributed by atoms with Crippen LogP contribution in [-0.2, 0) is 10.0 Å². The summed E-state index contributed by atoms with van der Waals surface area (Å²) in [6, 6.07) is 14.4. The fourth-order valence-electron chi connectivity index (χ4n) is 3.19. The molecule has 0 radical (unpaired) electrons. The number of benzene rings is 2. The largest absolute Gasteiger partial charge is 0.381 e. The van der Waals surface area contributed by atoms with Crippen molar-refractivity contribution in [3.8, 4) is 0 Å². The summed E-state index contributed by atoms with van der Waals surface area (Å²) in [4.78, 5) is 0.247. The van der Waals surface area contributed by atoms with E-state index in [1.165, 1.54) is 17.7 Å².